The summed E-state index contributed by atoms with van der Waals surface area (Å²) in [7, 11) is 1.26. The van der Waals surface area contributed by atoms with Crippen molar-refractivity contribution in [3.63, 3.8) is 0 Å². The number of alkyl carbamates (subject to hydrolysis) is 1. The number of benzene rings is 1. The lowest BCUT2D eigenvalue weighted by molar-refractivity contribution is -0.130. The van der Waals surface area contributed by atoms with Gasteiger partial charge in [0.15, 0.2) is 0 Å². The number of nitrogen functional groups attached to an aromatic ring is 1. The first-order valence-corrected chi connectivity index (χ1v) is 8.02. The van der Waals surface area contributed by atoms with Crippen LogP contribution in [0.15, 0.2) is 30.5 Å². The quantitative estimate of drug-likeness (QED) is 0.662. The monoisotopic (exact) mass is 345 g/mol. The molecule has 0 saturated carbocycles. The fourth-order valence-corrected chi connectivity index (χ4v) is 2.33. The van der Waals surface area contributed by atoms with Gasteiger partial charge >= 0.3 is 6.09 Å². The maximum atomic E-state index is 12.3. The van der Waals surface area contributed by atoms with Gasteiger partial charge in [-0.25, -0.2) is 9.78 Å². The maximum Gasteiger partial charge on any atom is 0.407 e. The van der Waals surface area contributed by atoms with E-state index in [-0.39, 0.29) is 12.5 Å². The van der Waals surface area contributed by atoms with Crippen LogP contribution in [0.25, 0.3) is 11.3 Å². The van der Waals surface area contributed by atoms with E-state index in [0.717, 1.165) is 17.7 Å². The van der Waals surface area contributed by atoms with Gasteiger partial charge in [-0.05, 0) is 24.1 Å². The Morgan fingerprint density at radius 2 is 2.04 bits per heavy atom. The Kier molecular flexibility index (Phi) is 6.39. The number of anilines is 1. The molecule has 2 rings (SSSR count). The van der Waals surface area contributed by atoms with Gasteiger partial charge in [-0.2, -0.15) is 0 Å². The molecule has 4 N–H and O–H groups in total. The molecule has 0 aliphatic heterocycles. The van der Waals surface area contributed by atoms with E-state index in [2.05, 4.69) is 20.0 Å². The minimum Gasteiger partial charge on any atom is -0.453 e. The molecule has 0 aliphatic carbocycles. The molecule has 0 saturated heterocycles. The van der Waals surface area contributed by atoms with Crippen LogP contribution in [0, 0.1) is 0 Å². The van der Waals surface area contributed by atoms with E-state index >= 15 is 0 Å². The van der Waals surface area contributed by atoms with Crippen molar-refractivity contribution in [2.45, 2.75) is 19.9 Å². The van der Waals surface area contributed by atoms with Crippen LogP contribution in [0.1, 0.15) is 19.2 Å². The van der Waals surface area contributed by atoms with E-state index in [4.69, 9.17) is 5.73 Å². The third-order valence-electron chi connectivity index (χ3n) is 3.61. The number of methoxy groups -OCH3 is 1. The summed E-state index contributed by atoms with van der Waals surface area (Å²) in [6, 6.07) is 7.45. The summed E-state index contributed by atoms with van der Waals surface area (Å²) in [5.74, 6) is 0.476. The van der Waals surface area contributed by atoms with Crippen LogP contribution in [0.5, 0.6) is 0 Å². The van der Waals surface area contributed by atoms with Crippen molar-refractivity contribution in [2.24, 2.45) is 0 Å². The van der Waals surface area contributed by atoms with Crippen LogP contribution in [0.3, 0.4) is 0 Å². The Balaban J connectivity index is 2.03. The maximum absolute atomic E-state index is 12.3. The average molecular weight is 345 g/mol. The van der Waals surface area contributed by atoms with Crippen molar-refractivity contribution in [3.05, 3.63) is 36.3 Å². The van der Waals surface area contributed by atoms with Gasteiger partial charge in [0.05, 0.1) is 25.5 Å². The lowest BCUT2D eigenvalue weighted by atomic mass is 10.1. The molecule has 1 aromatic heterocycles. The number of amides is 2. The Morgan fingerprint density at radius 1 is 1.32 bits per heavy atom. The topological polar surface area (TPSA) is 113 Å². The lowest BCUT2D eigenvalue weighted by Gasteiger charge is -2.21. The average Bonchev–Trinajstić information content (AvgIpc) is 3.08. The zero-order valence-electron chi connectivity index (χ0n) is 14.4. The highest BCUT2D eigenvalue weighted by Gasteiger charge is 2.16. The third-order valence-corrected chi connectivity index (χ3v) is 3.61. The second kappa shape index (κ2) is 8.72. The number of aromatic amines is 1. The molecule has 1 aromatic carbocycles. The summed E-state index contributed by atoms with van der Waals surface area (Å²) in [5, 5.41) is 2.40. The SMILES string of the molecule is CCCN(Cc1ncc(-c2ccc(N)cc2)[nH]1)C(=O)CNC(=O)OC. The van der Waals surface area contributed by atoms with E-state index in [1.54, 1.807) is 11.1 Å². The van der Waals surface area contributed by atoms with Gasteiger partial charge < -0.3 is 25.7 Å². The molecule has 2 aromatic rings. The van der Waals surface area contributed by atoms with Crippen molar-refractivity contribution < 1.29 is 14.3 Å². The molecule has 0 aliphatic rings. The molecule has 0 atom stereocenters. The zero-order valence-corrected chi connectivity index (χ0v) is 14.4. The van der Waals surface area contributed by atoms with Crippen LogP contribution in [0.4, 0.5) is 10.5 Å². The Labute approximate surface area is 146 Å². The molecule has 2 amide bonds. The number of rotatable bonds is 7. The second-order valence-electron chi connectivity index (χ2n) is 5.53. The van der Waals surface area contributed by atoms with Gasteiger partial charge in [-0.15, -0.1) is 0 Å². The molecule has 0 spiro atoms. The highest BCUT2D eigenvalue weighted by Crippen LogP contribution is 2.18. The molecule has 1 heterocycles. The van der Waals surface area contributed by atoms with Gasteiger partial charge in [0.25, 0.3) is 0 Å². The van der Waals surface area contributed by atoms with E-state index in [0.29, 0.717) is 24.6 Å². The predicted octanol–water partition coefficient (Wildman–Crippen LogP) is 1.75. The molecule has 8 heteroatoms. The largest absolute Gasteiger partial charge is 0.453 e. The first kappa shape index (κ1) is 18.3. The van der Waals surface area contributed by atoms with E-state index in [1.807, 2.05) is 31.2 Å². The number of hydrogen-bond donors (Lipinski definition) is 3. The zero-order chi connectivity index (χ0) is 18.2. The van der Waals surface area contributed by atoms with Gasteiger partial charge in [0.1, 0.15) is 12.4 Å². The summed E-state index contributed by atoms with van der Waals surface area (Å²) < 4.78 is 4.47. The first-order valence-electron chi connectivity index (χ1n) is 8.02. The number of nitrogens with zero attached hydrogens (tertiary/aromatic N) is 2. The van der Waals surface area contributed by atoms with Crippen molar-refractivity contribution in [1.82, 2.24) is 20.2 Å². The number of ether oxygens (including phenoxy) is 1. The number of H-pyrrole nitrogens is 1. The highest BCUT2D eigenvalue weighted by atomic mass is 16.5. The standard InChI is InChI=1S/C17H23N5O3/c1-3-8-22(16(23)10-20-17(24)25-2)11-15-19-9-14(21-15)12-4-6-13(18)7-5-12/h4-7,9H,3,8,10-11,18H2,1-2H3,(H,19,21)(H,20,24). The third kappa shape index (κ3) is 5.23. The first-order chi connectivity index (χ1) is 12.0. The van der Waals surface area contributed by atoms with E-state index in [9.17, 15) is 9.59 Å². The molecular weight excluding hydrogens is 322 g/mol. The smallest absolute Gasteiger partial charge is 0.407 e. The molecule has 25 heavy (non-hydrogen) atoms. The van der Waals surface area contributed by atoms with Crippen molar-refractivity contribution in [1.29, 1.82) is 0 Å². The predicted molar refractivity (Wildman–Crippen MR) is 94.6 cm³/mol. The Bertz CT molecular complexity index is 711. The van der Waals surface area contributed by atoms with Crippen LogP contribution in [-0.2, 0) is 16.1 Å². The molecule has 134 valence electrons. The van der Waals surface area contributed by atoms with Gasteiger partial charge in [0.2, 0.25) is 5.91 Å². The summed E-state index contributed by atoms with van der Waals surface area (Å²) in [5.41, 5.74) is 8.21. The summed E-state index contributed by atoms with van der Waals surface area (Å²) in [6.07, 6.45) is 1.89. The van der Waals surface area contributed by atoms with Crippen molar-refractivity contribution >= 4 is 17.7 Å². The van der Waals surface area contributed by atoms with Crippen LogP contribution < -0.4 is 11.1 Å². The van der Waals surface area contributed by atoms with Gasteiger partial charge in [-0.3, -0.25) is 4.79 Å². The highest BCUT2D eigenvalue weighted by molar-refractivity contribution is 5.82. The van der Waals surface area contributed by atoms with Crippen LogP contribution in [0.2, 0.25) is 0 Å². The number of carbonyl (C=O) groups excluding carboxylic acids is 2. The normalized spacial score (nSPS) is 10.3. The molecule has 0 unspecified atom stereocenters. The number of nitrogens with two attached hydrogens (primary N) is 1. The van der Waals surface area contributed by atoms with Crippen molar-refractivity contribution in [2.75, 3.05) is 25.9 Å². The van der Waals surface area contributed by atoms with Gasteiger partial charge in [0, 0.05) is 12.2 Å². The molecular formula is C17H23N5O3. The fraction of sp³-hybridized carbons (Fsp3) is 0.353. The minimum atomic E-state index is -0.631. The molecule has 0 bridgehead atoms. The number of hydrogen-bond acceptors (Lipinski definition) is 5. The molecule has 0 radical (unpaired) electrons. The Hall–Kier alpha value is -3.03. The molecule has 8 nitrogen and oxygen atoms in total. The lowest BCUT2D eigenvalue weighted by Crippen LogP contribution is -2.40. The summed E-state index contributed by atoms with van der Waals surface area (Å²) in [4.78, 5) is 32.6. The van der Waals surface area contributed by atoms with Crippen LogP contribution >= 0.6 is 0 Å². The number of nitrogens with one attached hydrogen (secondary N) is 2. The van der Waals surface area contributed by atoms with Gasteiger partial charge in [-0.1, -0.05) is 19.1 Å². The molecule has 0 fully saturated rings. The van der Waals surface area contributed by atoms with E-state index < -0.39 is 6.09 Å². The minimum absolute atomic E-state index is 0.113. The fourth-order valence-electron chi connectivity index (χ4n) is 2.33. The van der Waals surface area contributed by atoms with Crippen LogP contribution in [-0.4, -0.2) is 47.1 Å². The summed E-state index contributed by atoms with van der Waals surface area (Å²) in [6.45, 7) is 2.78. The number of carbonyl (C=O) groups is 2. The number of imidazole rings is 1. The van der Waals surface area contributed by atoms with Crippen molar-refractivity contribution in [3.8, 4) is 11.3 Å². The number of aromatic nitrogens is 2. The van der Waals surface area contributed by atoms with E-state index in [1.165, 1.54) is 7.11 Å². The Morgan fingerprint density at radius 3 is 2.68 bits per heavy atom. The second-order valence-corrected chi connectivity index (χ2v) is 5.53. The summed E-state index contributed by atoms with van der Waals surface area (Å²) >= 11 is 0.